The molecule has 0 N–H and O–H groups in total. The van der Waals surface area contributed by atoms with Crippen molar-refractivity contribution in [1.29, 1.82) is 0 Å². The van der Waals surface area contributed by atoms with Crippen LogP contribution in [0.2, 0.25) is 0 Å². The number of hydrogen-bond donors (Lipinski definition) is 0. The molecule has 4 nitrogen and oxygen atoms in total. The van der Waals surface area contributed by atoms with Gasteiger partial charge in [-0.1, -0.05) is 37.3 Å². The molecule has 1 aromatic carbocycles. The van der Waals surface area contributed by atoms with Gasteiger partial charge in [-0.15, -0.1) is 10.2 Å². The fourth-order valence-corrected chi connectivity index (χ4v) is 4.81. The second kappa shape index (κ2) is 6.29. The smallest absolute Gasteiger partial charge is 0.146 e. The number of nitrogens with zero attached hydrogens (tertiary/aromatic N) is 4. The Hall–Kier alpha value is -1.33. The van der Waals surface area contributed by atoms with E-state index in [9.17, 15) is 0 Å². The number of thioether (sulfide) groups is 1. The Balaban J connectivity index is 1.58. The van der Waals surface area contributed by atoms with Crippen LogP contribution in [0.1, 0.15) is 48.9 Å². The second-order valence-electron chi connectivity index (χ2n) is 6.71. The van der Waals surface area contributed by atoms with E-state index in [-0.39, 0.29) is 0 Å². The van der Waals surface area contributed by atoms with E-state index in [4.69, 9.17) is 0 Å². The molecule has 1 saturated heterocycles. The lowest BCUT2D eigenvalue weighted by Gasteiger charge is -2.39. The van der Waals surface area contributed by atoms with Gasteiger partial charge in [-0.25, -0.2) is 0 Å². The average molecular weight is 328 g/mol. The Bertz CT molecular complexity index is 665. The third-order valence-electron chi connectivity index (χ3n) is 5.02. The molecule has 2 fully saturated rings. The van der Waals surface area contributed by atoms with Gasteiger partial charge >= 0.3 is 0 Å². The second-order valence-corrected chi connectivity index (χ2v) is 8.19. The van der Waals surface area contributed by atoms with Crippen LogP contribution >= 0.6 is 11.8 Å². The molecule has 2 aromatic rings. The maximum Gasteiger partial charge on any atom is 0.146 e. The van der Waals surface area contributed by atoms with Crippen LogP contribution in [0.3, 0.4) is 0 Å². The number of aromatic nitrogens is 3. The van der Waals surface area contributed by atoms with Crippen LogP contribution in [-0.4, -0.2) is 37.2 Å². The highest BCUT2D eigenvalue weighted by Gasteiger charge is 2.33. The predicted molar refractivity (Wildman–Crippen MR) is 94.5 cm³/mol. The maximum absolute atomic E-state index is 4.49. The SMILES string of the molecule is C[C@H]1SCCN(Cc2nnc(C3CC3)n2C)[C@H]1c1ccccc1. The summed E-state index contributed by atoms with van der Waals surface area (Å²) in [7, 11) is 2.13. The average Bonchev–Trinajstić information content (AvgIpc) is 3.34. The summed E-state index contributed by atoms with van der Waals surface area (Å²) >= 11 is 2.08. The molecule has 1 saturated carbocycles. The molecule has 2 atom stereocenters. The summed E-state index contributed by atoms with van der Waals surface area (Å²) in [6.07, 6.45) is 2.55. The van der Waals surface area contributed by atoms with Crippen LogP contribution in [0.5, 0.6) is 0 Å². The van der Waals surface area contributed by atoms with Crippen LogP contribution in [0.15, 0.2) is 30.3 Å². The van der Waals surface area contributed by atoms with Gasteiger partial charge in [0, 0.05) is 36.6 Å². The lowest BCUT2D eigenvalue weighted by Crippen LogP contribution is -2.40. The van der Waals surface area contributed by atoms with Gasteiger partial charge in [0.1, 0.15) is 11.6 Å². The van der Waals surface area contributed by atoms with Crippen LogP contribution in [-0.2, 0) is 13.6 Å². The minimum Gasteiger partial charge on any atom is -0.317 e. The van der Waals surface area contributed by atoms with Crippen molar-refractivity contribution < 1.29 is 0 Å². The van der Waals surface area contributed by atoms with Crippen LogP contribution in [0.4, 0.5) is 0 Å². The number of rotatable bonds is 4. The van der Waals surface area contributed by atoms with Crippen LogP contribution in [0.25, 0.3) is 0 Å². The van der Waals surface area contributed by atoms with Crippen molar-refractivity contribution in [3.8, 4) is 0 Å². The molecule has 2 aliphatic rings. The van der Waals surface area contributed by atoms with Crippen molar-refractivity contribution in [3.05, 3.63) is 47.5 Å². The molecular weight excluding hydrogens is 304 g/mol. The molecule has 0 bridgehead atoms. The molecule has 122 valence electrons. The van der Waals surface area contributed by atoms with E-state index < -0.39 is 0 Å². The third-order valence-corrected chi connectivity index (χ3v) is 6.23. The van der Waals surface area contributed by atoms with Crippen molar-refractivity contribution in [2.24, 2.45) is 7.05 Å². The monoisotopic (exact) mass is 328 g/mol. The molecular formula is C18H24N4S. The molecule has 1 aliphatic carbocycles. The van der Waals surface area contributed by atoms with E-state index in [2.05, 4.69) is 75.7 Å². The minimum absolute atomic E-state index is 0.455. The Morgan fingerprint density at radius 2 is 1.96 bits per heavy atom. The molecule has 0 radical (unpaired) electrons. The molecule has 0 spiro atoms. The fraction of sp³-hybridized carbons (Fsp3) is 0.556. The predicted octanol–water partition coefficient (Wildman–Crippen LogP) is 3.37. The van der Waals surface area contributed by atoms with E-state index in [1.807, 2.05) is 0 Å². The first-order valence-electron chi connectivity index (χ1n) is 8.53. The summed E-state index contributed by atoms with van der Waals surface area (Å²) in [5.41, 5.74) is 1.41. The van der Waals surface area contributed by atoms with Crippen molar-refractivity contribution in [2.75, 3.05) is 12.3 Å². The summed E-state index contributed by atoms with van der Waals surface area (Å²) in [4.78, 5) is 2.58. The summed E-state index contributed by atoms with van der Waals surface area (Å²) < 4.78 is 2.23. The number of benzene rings is 1. The number of hydrogen-bond acceptors (Lipinski definition) is 4. The normalized spacial score (nSPS) is 25.7. The highest BCUT2D eigenvalue weighted by Crippen LogP contribution is 2.40. The molecule has 0 unspecified atom stereocenters. The largest absolute Gasteiger partial charge is 0.317 e. The Morgan fingerprint density at radius 3 is 2.70 bits per heavy atom. The molecule has 2 heterocycles. The van der Waals surface area contributed by atoms with Crippen molar-refractivity contribution in [2.45, 2.75) is 43.5 Å². The molecule has 1 aromatic heterocycles. The molecule has 4 rings (SSSR count). The van der Waals surface area contributed by atoms with Gasteiger partial charge in [-0.3, -0.25) is 4.90 Å². The summed E-state index contributed by atoms with van der Waals surface area (Å²) in [6.45, 7) is 4.35. The standard InChI is InChI=1S/C18H24N4S/c1-13-17(14-6-4-3-5-7-14)22(10-11-23-13)12-16-19-20-18(21(16)2)15-8-9-15/h3-7,13,15,17H,8-12H2,1-2H3/t13-,17-/m1/s1. The van der Waals surface area contributed by atoms with E-state index >= 15 is 0 Å². The third kappa shape index (κ3) is 3.04. The van der Waals surface area contributed by atoms with Gasteiger partial charge in [-0.05, 0) is 18.4 Å². The van der Waals surface area contributed by atoms with E-state index in [0.717, 1.165) is 18.9 Å². The van der Waals surface area contributed by atoms with Gasteiger partial charge < -0.3 is 4.57 Å². The zero-order valence-electron chi connectivity index (χ0n) is 13.9. The van der Waals surface area contributed by atoms with Crippen molar-refractivity contribution in [1.82, 2.24) is 19.7 Å². The Morgan fingerprint density at radius 1 is 1.17 bits per heavy atom. The van der Waals surface area contributed by atoms with Crippen molar-refractivity contribution in [3.63, 3.8) is 0 Å². The quantitative estimate of drug-likeness (QED) is 0.862. The molecule has 0 amide bonds. The van der Waals surface area contributed by atoms with Gasteiger partial charge in [-0.2, -0.15) is 11.8 Å². The van der Waals surface area contributed by atoms with Crippen LogP contribution < -0.4 is 0 Å². The van der Waals surface area contributed by atoms with Gasteiger partial charge in [0.2, 0.25) is 0 Å². The summed E-state index contributed by atoms with van der Waals surface area (Å²) in [5, 5.41) is 9.53. The Kier molecular flexibility index (Phi) is 4.16. The van der Waals surface area contributed by atoms with Gasteiger partial charge in [0.25, 0.3) is 0 Å². The van der Waals surface area contributed by atoms with Crippen LogP contribution in [0, 0.1) is 0 Å². The van der Waals surface area contributed by atoms with E-state index in [0.29, 0.717) is 17.2 Å². The highest BCUT2D eigenvalue weighted by molar-refractivity contribution is 8.00. The van der Waals surface area contributed by atoms with Crippen molar-refractivity contribution >= 4 is 11.8 Å². The molecule has 5 heteroatoms. The zero-order chi connectivity index (χ0) is 15.8. The molecule has 23 heavy (non-hydrogen) atoms. The first-order chi connectivity index (χ1) is 11.2. The Labute approximate surface area is 142 Å². The highest BCUT2D eigenvalue weighted by atomic mass is 32.2. The zero-order valence-corrected chi connectivity index (χ0v) is 14.7. The van der Waals surface area contributed by atoms with E-state index in [1.165, 1.54) is 30.0 Å². The molecule has 1 aliphatic heterocycles. The summed E-state index contributed by atoms with van der Waals surface area (Å²) in [5.74, 6) is 4.13. The first-order valence-corrected chi connectivity index (χ1v) is 9.57. The topological polar surface area (TPSA) is 34.0 Å². The fourth-order valence-electron chi connectivity index (χ4n) is 3.58. The van der Waals surface area contributed by atoms with E-state index in [1.54, 1.807) is 0 Å². The first kappa shape index (κ1) is 15.2. The minimum atomic E-state index is 0.455. The van der Waals surface area contributed by atoms with Gasteiger partial charge in [0.05, 0.1) is 6.54 Å². The lowest BCUT2D eigenvalue weighted by molar-refractivity contribution is 0.185. The summed E-state index contributed by atoms with van der Waals surface area (Å²) in [6, 6.07) is 11.4. The lowest BCUT2D eigenvalue weighted by atomic mass is 10.0. The van der Waals surface area contributed by atoms with Gasteiger partial charge in [0.15, 0.2) is 0 Å². The maximum atomic E-state index is 4.49.